The molecule has 0 saturated heterocycles. The van der Waals surface area contributed by atoms with E-state index in [2.05, 4.69) is 5.32 Å². The monoisotopic (exact) mass is 344 g/mol. The minimum absolute atomic E-state index is 0.0272. The zero-order valence-electron chi connectivity index (χ0n) is 12.9. The molecule has 6 heteroatoms. The Bertz CT molecular complexity index is 533. The fraction of sp³-hybridized carbons (Fsp3) is 0.562. The summed E-state index contributed by atoms with van der Waals surface area (Å²) in [4.78, 5) is 13.8. The van der Waals surface area contributed by atoms with Crippen molar-refractivity contribution >= 4 is 29.2 Å². The van der Waals surface area contributed by atoms with Crippen molar-refractivity contribution < 1.29 is 9.90 Å². The number of aliphatic hydroxyl groups excluding tert-OH is 1. The molecule has 1 aliphatic carbocycles. The van der Waals surface area contributed by atoms with E-state index >= 15 is 0 Å². The van der Waals surface area contributed by atoms with Crippen molar-refractivity contribution in [2.24, 2.45) is 5.92 Å². The van der Waals surface area contributed by atoms with Gasteiger partial charge in [0.1, 0.15) is 0 Å². The van der Waals surface area contributed by atoms with Crippen molar-refractivity contribution in [2.45, 2.75) is 38.3 Å². The molecule has 2 rings (SSSR count). The molecule has 0 radical (unpaired) electrons. The molecule has 1 aliphatic rings. The van der Waals surface area contributed by atoms with Crippen LogP contribution in [0, 0.1) is 5.92 Å². The third-order valence-electron chi connectivity index (χ3n) is 4.00. The Morgan fingerprint density at radius 3 is 2.73 bits per heavy atom. The topological polar surface area (TPSA) is 52.6 Å². The molecule has 122 valence electrons. The number of nitrogens with zero attached hydrogens (tertiary/aromatic N) is 1. The minimum Gasteiger partial charge on any atom is -0.393 e. The highest BCUT2D eigenvalue weighted by Gasteiger charge is 2.29. The van der Waals surface area contributed by atoms with E-state index in [0.717, 1.165) is 18.4 Å². The van der Waals surface area contributed by atoms with E-state index in [4.69, 9.17) is 23.2 Å². The summed E-state index contributed by atoms with van der Waals surface area (Å²) in [6.07, 6.45) is 2.03. The van der Waals surface area contributed by atoms with Gasteiger partial charge in [-0.3, -0.25) is 0 Å². The number of amides is 2. The molecule has 1 fully saturated rings. The lowest BCUT2D eigenvalue weighted by Gasteiger charge is -2.34. The second kappa shape index (κ2) is 7.53. The quantitative estimate of drug-likeness (QED) is 0.860. The first-order valence-corrected chi connectivity index (χ1v) is 8.24. The third-order valence-corrected chi connectivity index (χ3v) is 4.59. The van der Waals surface area contributed by atoms with Gasteiger partial charge in [0.15, 0.2) is 0 Å². The standard InChI is InChI=1S/C16H22Cl2N2O2/c1-10(5-12-3-4-13(17)8-15(12)18)19-16(22)20(2)9-11-6-14(21)7-11/h3-4,8,10-11,14,21H,5-7,9H2,1-2H3,(H,19,22)/t10-,11?,14?/m0/s1. The van der Waals surface area contributed by atoms with Crippen molar-refractivity contribution in [1.29, 1.82) is 0 Å². The van der Waals surface area contributed by atoms with Crippen LogP contribution in [-0.4, -0.2) is 41.8 Å². The summed E-state index contributed by atoms with van der Waals surface area (Å²) in [5.41, 5.74) is 0.962. The van der Waals surface area contributed by atoms with Crippen molar-refractivity contribution in [2.75, 3.05) is 13.6 Å². The molecule has 0 spiro atoms. The first-order valence-electron chi connectivity index (χ1n) is 7.48. The van der Waals surface area contributed by atoms with Crippen molar-refractivity contribution in [3.63, 3.8) is 0 Å². The van der Waals surface area contributed by atoms with Crippen molar-refractivity contribution in [1.82, 2.24) is 10.2 Å². The normalized spacial score (nSPS) is 21.9. The van der Waals surface area contributed by atoms with Gasteiger partial charge in [0, 0.05) is 29.7 Å². The molecule has 0 unspecified atom stereocenters. The summed E-state index contributed by atoms with van der Waals surface area (Å²) < 4.78 is 0. The maximum atomic E-state index is 12.1. The molecule has 0 aliphatic heterocycles. The number of carbonyl (C=O) groups excluding carboxylic acids is 1. The molecular weight excluding hydrogens is 323 g/mol. The molecule has 2 amide bonds. The zero-order valence-corrected chi connectivity index (χ0v) is 14.4. The van der Waals surface area contributed by atoms with Crippen LogP contribution in [0.4, 0.5) is 4.79 Å². The molecule has 1 atom stereocenters. The Kier molecular flexibility index (Phi) is 5.95. The lowest BCUT2D eigenvalue weighted by Crippen LogP contribution is -2.46. The third kappa shape index (κ3) is 4.77. The van der Waals surface area contributed by atoms with E-state index in [1.54, 1.807) is 24.1 Å². The average molecular weight is 345 g/mol. The van der Waals surface area contributed by atoms with Gasteiger partial charge in [-0.25, -0.2) is 4.79 Å². The Labute approximate surface area is 141 Å². The first-order chi connectivity index (χ1) is 10.3. The van der Waals surface area contributed by atoms with Gasteiger partial charge in [-0.05, 0) is 49.8 Å². The van der Waals surface area contributed by atoms with E-state index in [1.165, 1.54) is 0 Å². The Hall–Kier alpha value is -0.970. The Balaban J connectivity index is 1.80. The molecule has 2 N–H and O–H groups in total. The summed E-state index contributed by atoms with van der Waals surface area (Å²) in [5, 5.41) is 13.5. The largest absolute Gasteiger partial charge is 0.393 e. The van der Waals surface area contributed by atoms with Crippen LogP contribution in [0.1, 0.15) is 25.3 Å². The van der Waals surface area contributed by atoms with Crippen LogP contribution >= 0.6 is 23.2 Å². The van der Waals surface area contributed by atoms with Gasteiger partial charge in [-0.15, -0.1) is 0 Å². The Morgan fingerprint density at radius 1 is 1.45 bits per heavy atom. The number of hydrogen-bond donors (Lipinski definition) is 2. The highest BCUT2D eigenvalue weighted by atomic mass is 35.5. The van der Waals surface area contributed by atoms with Gasteiger partial charge in [0.25, 0.3) is 0 Å². The van der Waals surface area contributed by atoms with Crippen LogP contribution in [0.3, 0.4) is 0 Å². The number of urea groups is 1. The molecule has 0 heterocycles. The van der Waals surface area contributed by atoms with Gasteiger partial charge in [0.2, 0.25) is 0 Å². The molecule has 4 nitrogen and oxygen atoms in total. The van der Waals surface area contributed by atoms with Crippen LogP contribution in [0.15, 0.2) is 18.2 Å². The van der Waals surface area contributed by atoms with Gasteiger partial charge >= 0.3 is 6.03 Å². The summed E-state index contributed by atoms with van der Waals surface area (Å²) in [6, 6.07) is 5.26. The molecule has 0 aromatic heterocycles. The van der Waals surface area contributed by atoms with Crippen LogP contribution in [-0.2, 0) is 6.42 Å². The summed E-state index contributed by atoms with van der Waals surface area (Å²) in [7, 11) is 1.78. The minimum atomic E-state index is -0.188. The predicted molar refractivity (Wildman–Crippen MR) is 89.5 cm³/mol. The summed E-state index contributed by atoms with van der Waals surface area (Å²) in [5.74, 6) is 0.409. The molecule has 22 heavy (non-hydrogen) atoms. The molecular formula is C16H22Cl2N2O2. The lowest BCUT2D eigenvalue weighted by atomic mass is 9.82. The smallest absolute Gasteiger partial charge is 0.317 e. The number of nitrogens with one attached hydrogen (secondary N) is 1. The highest BCUT2D eigenvalue weighted by Crippen LogP contribution is 2.27. The van der Waals surface area contributed by atoms with Crippen LogP contribution < -0.4 is 5.32 Å². The molecule has 1 aromatic rings. The van der Waals surface area contributed by atoms with Crippen LogP contribution in [0.2, 0.25) is 10.0 Å². The van der Waals surface area contributed by atoms with Gasteiger partial charge in [-0.2, -0.15) is 0 Å². The lowest BCUT2D eigenvalue weighted by molar-refractivity contribution is 0.0324. The van der Waals surface area contributed by atoms with Crippen molar-refractivity contribution in [3.05, 3.63) is 33.8 Å². The maximum absolute atomic E-state index is 12.1. The van der Waals surface area contributed by atoms with E-state index in [0.29, 0.717) is 28.9 Å². The maximum Gasteiger partial charge on any atom is 0.317 e. The van der Waals surface area contributed by atoms with Gasteiger partial charge in [-0.1, -0.05) is 29.3 Å². The van der Waals surface area contributed by atoms with Gasteiger partial charge in [0.05, 0.1) is 6.10 Å². The fourth-order valence-electron chi connectivity index (χ4n) is 2.71. The molecule has 1 saturated carbocycles. The number of rotatable bonds is 5. The number of halogens is 2. The predicted octanol–water partition coefficient (Wildman–Crippen LogP) is 3.34. The van der Waals surface area contributed by atoms with Crippen LogP contribution in [0.5, 0.6) is 0 Å². The number of aliphatic hydroxyl groups is 1. The number of carbonyl (C=O) groups is 1. The summed E-state index contributed by atoms with van der Waals surface area (Å²) >= 11 is 12.0. The second-order valence-corrected chi connectivity index (χ2v) is 7.01. The second-order valence-electron chi connectivity index (χ2n) is 6.16. The molecule has 0 bridgehead atoms. The number of benzene rings is 1. The van der Waals surface area contributed by atoms with Crippen LogP contribution in [0.25, 0.3) is 0 Å². The van der Waals surface area contributed by atoms with E-state index in [-0.39, 0.29) is 18.2 Å². The summed E-state index contributed by atoms with van der Waals surface area (Å²) in [6.45, 7) is 2.63. The number of hydrogen-bond acceptors (Lipinski definition) is 2. The highest BCUT2D eigenvalue weighted by molar-refractivity contribution is 6.35. The Morgan fingerprint density at radius 2 is 2.14 bits per heavy atom. The first kappa shape index (κ1) is 17.4. The van der Waals surface area contributed by atoms with E-state index in [9.17, 15) is 9.90 Å². The van der Waals surface area contributed by atoms with Crippen molar-refractivity contribution in [3.8, 4) is 0 Å². The SMILES string of the molecule is C[C@@H](Cc1ccc(Cl)cc1Cl)NC(=O)N(C)CC1CC(O)C1. The van der Waals surface area contributed by atoms with E-state index < -0.39 is 0 Å². The van der Waals surface area contributed by atoms with E-state index in [1.807, 2.05) is 13.0 Å². The van der Waals surface area contributed by atoms with Gasteiger partial charge < -0.3 is 15.3 Å². The average Bonchev–Trinajstić information content (AvgIpc) is 2.40. The molecule has 1 aromatic carbocycles. The zero-order chi connectivity index (χ0) is 16.3. The fourth-order valence-corrected chi connectivity index (χ4v) is 3.19.